The number of carbonyl (C=O) groups is 1. The van der Waals surface area contributed by atoms with E-state index in [1.807, 2.05) is 23.6 Å². The van der Waals surface area contributed by atoms with Crippen molar-refractivity contribution in [1.29, 1.82) is 0 Å². The van der Waals surface area contributed by atoms with Gasteiger partial charge in [0.25, 0.3) is 0 Å². The van der Waals surface area contributed by atoms with Crippen molar-refractivity contribution in [3.05, 3.63) is 45.2 Å². The molecule has 0 saturated carbocycles. The average molecular weight is 459 g/mol. The molecule has 0 fully saturated rings. The van der Waals surface area contributed by atoms with E-state index in [0.29, 0.717) is 35.4 Å². The number of thiophene rings is 1. The van der Waals surface area contributed by atoms with Crippen molar-refractivity contribution in [3.8, 4) is 15.6 Å². The molecule has 0 radical (unpaired) electrons. The molecule has 1 N–H and O–H groups in total. The predicted molar refractivity (Wildman–Crippen MR) is 106 cm³/mol. The summed E-state index contributed by atoms with van der Waals surface area (Å²) in [5.41, 5.74) is 0. The maximum absolute atomic E-state index is 12.0. The first-order chi connectivity index (χ1) is 12.1. The minimum absolute atomic E-state index is 0.112. The first kappa shape index (κ1) is 18.3. The van der Waals surface area contributed by atoms with Crippen LogP contribution in [0.25, 0.3) is 9.88 Å². The van der Waals surface area contributed by atoms with E-state index >= 15 is 0 Å². The second-order valence-electron chi connectivity index (χ2n) is 4.96. The van der Waals surface area contributed by atoms with E-state index in [2.05, 4.69) is 31.4 Å². The van der Waals surface area contributed by atoms with Crippen molar-refractivity contribution in [3.63, 3.8) is 0 Å². The second kappa shape index (κ2) is 8.75. The lowest BCUT2D eigenvalue weighted by Crippen LogP contribution is -2.12. The predicted octanol–water partition coefficient (Wildman–Crippen LogP) is 5.48. The molecule has 0 aliphatic rings. The van der Waals surface area contributed by atoms with Crippen molar-refractivity contribution in [2.75, 3.05) is 11.9 Å². The Morgan fingerprint density at radius 1 is 1.32 bits per heavy atom. The molecular formula is C16H13BrClN3O2S2. The third-order valence-electron chi connectivity index (χ3n) is 3.10. The molecule has 2 heterocycles. The fraction of sp³-hybridized carbons (Fsp3) is 0.188. The van der Waals surface area contributed by atoms with Gasteiger partial charge >= 0.3 is 0 Å². The summed E-state index contributed by atoms with van der Waals surface area (Å²) in [6, 6.07) is 9.34. The highest BCUT2D eigenvalue weighted by atomic mass is 79.9. The Morgan fingerprint density at radius 2 is 2.20 bits per heavy atom. The molecule has 9 heteroatoms. The Kier molecular flexibility index (Phi) is 6.41. The van der Waals surface area contributed by atoms with Crippen LogP contribution in [-0.2, 0) is 4.79 Å². The molecule has 0 bridgehead atoms. The number of rotatable bonds is 7. The number of carbonyl (C=O) groups excluding carboxylic acids is 1. The van der Waals surface area contributed by atoms with Crippen LogP contribution in [0.4, 0.5) is 5.13 Å². The van der Waals surface area contributed by atoms with E-state index in [9.17, 15) is 4.79 Å². The zero-order valence-corrected chi connectivity index (χ0v) is 16.8. The van der Waals surface area contributed by atoms with Crippen LogP contribution in [0.5, 0.6) is 5.75 Å². The minimum atomic E-state index is -0.112. The molecule has 1 aromatic carbocycles. The summed E-state index contributed by atoms with van der Waals surface area (Å²) in [6.07, 6.45) is 0.914. The lowest BCUT2D eigenvalue weighted by molar-refractivity contribution is -0.116. The van der Waals surface area contributed by atoms with Gasteiger partial charge in [0.05, 0.1) is 16.5 Å². The van der Waals surface area contributed by atoms with E-state index in [1.54, 1.807) is 23.5 Å². The Bertz CT molecular complexity index is 855. The van der Waals surface area contributed by atoms with Crippen molar-refractivity contribution in [2.24, 2.45) is 0 Å². The number of amides is 1. The summed E-state index contributed by atoms with van der Waals surface area (Å²) in [5, 5.41) is 14.7. The molecule has 130 valence electrons. The third kappa shape index (κ3) is 5.24. The highest BCUT2D eigenvalue weighted by molar-refractivity contribution is 9.10. The van der Waals surface area contributed by atoms with Gasteiger partial charge in [-0.15, -0.1) is 21.5 Å². The Morgan fingerprint density at radius 3 is 2.96 bits per heavy atom. The molecule has 0 aliphatic heterocycles. The van der Waals surface area contributed by atoms with E-state index in [1.165, 1.54) is 11.3 Å². The summed E-state index contributed by atoms with van der Waals surface area (Å²) in [7, 11) is 0. The summed E-state index contributed by atoms with van der Waals surface area (Å²) < 4.78 is 6.48. The number of halogens is 2. The smallest absolute Gasteiger partial charge is 0.226 e. The molecule has 0 spiro atoms. The van der Waals surface area contributed by atoms with Crippen LogP contribution in [0.2, 0.25) is 5.02 Å². The van der Waals surface area contributed by atoms with Gasteiger partial charge in [-0.2, -0.15) is 0 Å². The molecule has 3 rings (SSSR count). The zero-order valence-electron chi connectivity index (χ0n) is 12.9. The number of hydrogen-bond acceptors (Lipinski definition) is 6. The van der Waals surface area contributed by atoms with Gasteiger partial charge in [-0.25, -0.2) is 0 Å². The largest absolute Gasteiger partial charge is 0.492 e. The van der Waals surface area contributed by atoms with Crippen molar-refractivity contribution in [2.45, 2.75) is 12.8 Å². The van der Waals surface area contributed by atoms with Crippen LogP contribution < -0.4 is 10.1 Å². The van der Waals surface area contributed by atoms with Crippen LogP contribution >= 0.6 is 50.2 Å². The third-order valence-corrected chi connectivity index (χ3v) is 5.77. The number of anilines is 1. The van der Waals surface area contributed by atoms with Crippen LogP contribution in [0.15, 0.2) is 40.2 Å². The first-order valence-electron chi connectivity index (χ1n) is 7.37. The molecule has 5 nitrogen and oxygen atoms in total. The number of nitrogens with zero attached hydrogens (tertiary/aromatic N) is 2. The quantitative estimate of drug-likeness (QED) is 0.476. The van der Waals surface area contributed by atoms with Crippen LogP contribution in [-0.4, -0.2) is 22.7 Å². The maximum Gasteiger partial charge on any atom is 0.226 e. The maximum atomic E-state index is 12.0. The summed E-state index contributed by atoms with van der Waals surface area (Å²) in [5.74, 6) is 0.495. The van der Waals surface area contributed by atoms with E-state index in [4.69, 9.17) is 16.3 Å². The molecule has 25 heavy (non-hydrogen) atoms. The molecule has 0 atom stereocenters. The highest BCUT2D eigenvalue weighted by Crippen LogP contribution is 2.30. The highest BCUT2D eigenvalue weighted by Gasteiger charge is 2.10. The van der Waals surface area contributed by atoms with Crippen molar-refractivity contribution in [1.82, 2.24) is 10.2 Å². The molecule has 0 saturated heterocycles. The molecule has 0 unspecified atom stereocenters. The van der Waals surface area contributed by atoms with Gasteiger partial charge in [0.2, 0.25) is 11.0 Å². The molecule has 0 aliphatic carbocycles. The topological polar surface area (TPSA) is 64.1 Å². The van der Waals surface area contributed by atoms with Crippen molar-refractivity contribution < 1.29 is 9.53 Å². The molecule has 2 aromatic heterocycles. The monoisotopic (exact) mass is 457 g/mol. The van der Waals surface area contributed by atoms with E-state index in [-0.39, 0.29) is 5.91 Å². The van der Waals surface area contributed by atoms with Gasteiger partial charge in [-0.3, -0.25) is 4.79 Å². The lowest BCUT2D eigenvalue weighted by atomic mass is 10.3. The zero-order chi connectivity index (χ0) is 17.6. The van der Waals surface area contributed by atoms with E-state index in [0.717, 1.165) is 14.4 Å². The Hall–Kier alpha value is -1.48. The lowest BCUT2D eigenvalue weighted by Gasteiger charge is -2.08. The number of aromatic nitrogens is 2. The first-order valence-corrected chi connectivity index (χ1v) is 10.2. The fourth-order valence-electron chi connectivity index (χ4n) is 1.96. The van der Waals surface area contributed by atoms with Gasteiger partial charge < -0.3 is 10.1 Å². The Balaban J connectivity index is 1.42. The summed E-state index contributed by atoms with van der Waals surface area (Å²) in [4.78, 5) is 13.0. The molecule has 1 amide bonds. The number of hydrogen-bond donors (Lipinski definition) is 1. The normalized spacial score (nSPS) is 10.6. The average Bonchev–Trinajstić information content (AvgIpc) is 3.24. The van der Waals surface area contributed by atoms with Gasteiger partial charge in [0.15, 0.2) is 5.01 Å². The molecular weight excluding hydrogens is 446 g/mol. The number of nitrogens with one attached hydrogen (secondary N) is 1. The SMILES string of the molecule is O=C(CCCOc1ccc(Br)cc1Cl)Nc1nnc(-c2cccs2)s1. The standard InChI is InChI=1S/C16H13BrClN3O2S2/c17-10-5-6-12(11(18)9-10)23-7-1-4-14(22)19-16-21-20-15(25-16)13-3-2-8-24-13/h2-3,5-6,8-9H,1,4,7H2,(H,19,21,22). The number of ether oxygens (including phenoxy) is 1. The fourth-order valence-corrected chi connectivity index (χ4v) is 4.24. The molecule has 3 aromatic rings. The number of benzene rings is 1. The van der Waals surface area contributed by atoms with Gasteiger partial charge in [0, 0.05) is 10.9 Å². The Labute approximate surface area is 166 Å². The van der Waals surface area contributed by atoms with Gasteiger partial charge in [-0.1, -0.05) is 44.9 Å². The minimum Gasteiger partial charge on any atom is -0.492 e. The van der Waals surface area contributed by atoms with Gasteiger partial charge in [-0.05, 0) is 36.1 Å². The van der Waals surface area contributed by atoms with Crippen LogP contribution in [0.3, 0.4) is 0 Å². The van der Waals surface area contributed by atoms with Crippen LogP contribution in [0, 0.1) is 0 Å². The van der Waals surface area contributed by atoms with E-state index < -0.39 is 0 Å². The summed E-state index contributed by atoms with van der Waals surface area (Å²) in [6.45, 7) is 0.408. The van der Waals surface area contributed by atoms with Gasteiger partial charge in [0.1, 0.15) is 5.75 Å². The summed E-state index contributed by atoms with van der Waals surface area (Å²) >= 11 is 12.4. The van der Waals surface area contributed by atoms with Crippen molar-refractivity contribution >= 4 is 61.2 Å². The van der Waals surface area contributed by atoms with Crippen LogP contribution in [0.1, 0.15) is 12.8 Å². The second-order valence-corrected chi connectivity index (χ2v) is 8.21.